The lowest BCUT2D eigenvalue weighted by atomic mass is 9.78. The number of imide groups is 1. The molecule has 0 bridgehead atoms. The van der Waals surface area contributed by atoms with E-state index in [4.69, 9.17) is 0 Å². The normalized spacial score (nSPS) is 29.6. The highest BCUT2D eigenvalue weighted by Gasteiger charge is 2.37. The number of carbonyl (C=O) groups is 3. The van der Waals surface area contributed by atoms with Gasteiger partial charge in [-0.05, 0) is 24.7 Å². The predicted molar refractivity (Wildman–Crippen MR) is 68.2 cm³/mol. The number of carboxylic acids is 1. The molecule has 0 aromatic carbocycles. The maximum Gasteiger partial charge on any atom is 0.306 e. The number of aliphatic carboxylic acids is 1. The zero-order valence-corrected chi connectivity index (χ0v) is 11.3. The van der Waals surface area contributed by atoms with Gasteiger partial charge in [0, 0.05) is 19.4 Å². The summed E-state index contributed by atoms with van der Waals surface area (Å²) in [6.07, 6.45) is 4.16. The van der Waals surface area contributed by atoms with Crippen LogP contribution in [0.25, 0.3) is 0 Å². The highest BCUT2D eigenvalue weighted by atomic mass is 16.4. The second-order valence-corrected chi connectivity index (χ2v) is 5.90. The zero-order chi connectivity index (χ0) is 14.0. The molecule has 2 atom stereocenters. The zero-order valence-electron chi connectivity index (χ0n) is 11.3. The number of nitrogens with zero attached hydrogens (tertiary/aromatic N) is 1. The van der Waals surface area contributed by atoms with Gasteiger partial charge in [0.2, 0.25) is 11.8 Å². The summed E-state index contributed by atoms with van der Waals surface area (Å²) in [5.74, 6) is -1.45. The molecule has 106 valence electrons. The fourth-order valence-corrected chi connectivity index (χ4v) is 3.22. The number of rotatable bonds is 3. The van der Waals surface area contributed by atoms with Crippen molar-refractivity contribution in [2.75, 3.05) is 6.54 Å². The molecule has 0 spiro atoms. The second-order valence-electron chi connectivity index (χ2n) is 5.90. The second kappa shape index (κ2) is 5.72. The lowest BCUT2D eigenvalue weighted by Gasteiger charge is -2.35. The minimum Gasteiger partial charge on any atom is -0.481 e. The fraction of sp³-hybridized carbons (Fsp3) is 0.786. The third kappa shape index (κ3) is 3.14. The van der Waals surface area contributed by atoms with E-state index in [0.29, 0.717) is 25.8 Å². The Morgan fingerprint density at radius 2 is 1.79 bits per heavy atom. The lowest BCUT2D eigenvalue weighted by Crippen LogP contribution is -2.47. The fourth-order valence-electron chi connectivity index (χ4n) is 3.22. The summed E-state index contributed by atoms with van der Waals surface area (Å²) in [5, 5.41) is 9.22. The van der Waals surface area contributed by atoms with Gasteiger partial charge in [0.05, 0.1) is 5.92 Å². The number of piperidine rings is 1. The summed E-state index contributed by atoms with van der Waals surface area (Å²) in [7, 11) is 0. The Labute approximate surface area is 113 Å². The molecule has 1 aliphatic carbocycles. The summed E-state index contributed by atoms with van der Waals surface area (Å²) in [6.45, 7) is 2.19. The van der Waals surface area contributed by atoms with E-state index in [9.17, 15) is 19.5 Å². The minimum absolute atomic E-state index is 0.0763. The first kappa shape index (κ1) is 14.0. The van der Waals surface area contributed by atoms with Crippen LogP contribution in [0.5, 0.6) is 0 Å². The van der Waals surface area contributed by atoms with Crippen molar-refractivity contribution in [3.05, 3.63) is 0 Å². The van der Waals surface area contributed by atoms with Gasteiger partial charge in [0.15, 0.2) is 0 Å². The van der Waals surface area contributed by atoms with Crippen LogP contribution in [-0.4, -0.2) is 34.3 Å². The summed E-state index contributed by atoms with van der Waals surface area (Å²) in [4.78, 5) is 36.4. The molecule has 2 fully saturated rings. The van der Waals surface area contributed by atoms with Crippen molar-refractivity contribution in [1.29, 1.82) is 0 Å². The van der Waals surface area contributed by atoms with Crippen molar-refractivity contribution in [1.82, 2.24) is 4.90 Å². The molecule has 0 aromatic rings. The van der Waals surface area contributed by atoms with E-state index in [1.54, 1.807) is 0 Å². The number of carbonyl (C=O) groups excluding carboxylic acids is 2. The Balaban J connectivity index is 2.04. The molecule has 2 unspecified atom stereocenters. The van der Waals surface area contributed by atoms with Crippen LogP contribution in [0.3, 0.4) is 0 Å². The van der Waals surface area contributed by atoms with E-state index >= 15 is 0 Å². The Morgan fingerprint density at radius 3 is 2.37 bits per heavy atom. The molecule has 1 N–H and O–H groups in total. The molecule has 1 heterocycles. The Bertz CT molecular complexity index is 375. The quantitative estimate of drug-likeness (QED) is 0.789. The van der Waals surface area contributed by atoms with Gasteiger partial charge in [-0.3, -0.25) is 19.3 Å². The highest BCUT2D eigenvalue weighted by molar-refractivity contribution is 5.97. The van der Waals surface area contributed by atoms with Crippen LogP contribution in [0, 0.1) is 17.8 Å². The van der Waals surface area contributed by atoms with Crippen LogP contribution >= 0.6 is 0 Å². The average Bonchev–Trinajstić information content (AvgIpc) is 2.34. The summed E-state index contributed by atoms with van der Waals surface area (Å²) in [5.41, 5.74) is 0. The molecule has 1 saturated heterocycles. The van der Waals surface area contributed by atoms with Crippen molar-refractivity contribution < 1.29 is 19.5 Å². The van der Waals surface area contributed by atoms with Gasteiger partial charge in [0.1, 0.15) is 0 Å². The van der Waals surface area contributed by atoms with Crippen LogP contribution in [0.15, 0.2) is 0 Å². The smallest absolute Gasteiger partial charge is 0.306 e. The van der Waals surface area contributed by atoms with E-state index in [0.717, 1.165) is 19.3 Å². The SMILES string of the molecule is CC1CC(=O)N(CC2CCCCC2C(=O)O)C(=O)C1. The maximum absolute atomic E-state index is 11.9. The third-order valence-corrected chi connectivity index (χ3v) is 4.29. The van der Waals surface area contributed by atoms with Crippen molar-refractivity contribution >= 4 is 17.8 Å². The van der Waals surface area contributed by atoms with E-state index in [2.05, 4.69) is 0 Å². The molecule has 2 rings (SSSR count). The molecule has 0 radical (unpaired) electrons. The molecular weight excluding hydrogens is 246 g/mol. The molecule has 5 nitrogen and oxygen atoms in total. The Hall–Kier alpha value is -1.39. The van der Waals surface area contributed by atoms with E-state index in [1.165, 1.54) is 4.90 Å². The first-order chi connectivity index (χ1) is 8.99. The molecule has 5 heteroatoms. The molecule has 19 heavy (non-hydrogen) atoms. The minimum atomic E-state index is -0.796. The summed E-state index contributed by atoms with van der Waals surface area (Å²) < 4.78 is 0. The Morgan fingerprint density at radius 1 is 1.21 bits per heavy atom. The molecule has 2 aliphatic rings. The lowest BCUT2D eigenvalue weighted by molar-refractivity contribution is -0.154. The standard InChI is InChI=1S/C14H21NO4/c1-9-6-12(16)15(13(17)7-9)8-10-4-2-3-5-11(10)14(18)19/h9-11H,2-8H2,1H3,(H,18,19). The van der Waals surface area contributed by atoms with Crippen LogP contribution in [0.1, 0.15) is 45.4 Å². The number of likely N-dealkylation sites (tertiary alicyclic amines) is 1. The summed E-state index contributed by atoms with van der Waals surface area (Å²) in [6, 6.07) is 0. The van der Waals surface area contributed by atoms with Crippen molar-refractivity contribution in [2.24, 2.45) is 17.8 Å². The average molecular weight is 267 g/mol. The van der Waals surface area contributed by atoms with E-state index in [1.807, 2.05) is 6.92 Å². The summed E-state index contributed by atoms with van der Waals surface area (Å²) >= 11 is 0. The largest absolute Gasteiger partial charge is 0.481 e. The van der Waals surface area contributed by atoms with Gasteiger partial charge in [-0.1, -0.05) is 19.8 Å². The molecular formula is C14H21NO4. The van der Waals surface area contributed by atoms with E-state index < -0.39 is 11.9 Å². The van der Waals surface area contributed by atoms with Crippen molar-refractivity contribution in [3.63, 3.8) is 0 Å². The monoisotopic (exact) mass is 267 g/mol. The van der Waals surface area contributed by atoms with Crippen molar-refractivity contribution in [2.45, 2.75) is 45.4 Å². The van der Waals surface area contributed by atoms with Gasteiger partial charge in [-0.15, -0.1) is 0 Å². The van der Waals surface area contributed by atoms with Gasteiger partial charge in [0.25, 0.3) is 0 Å². The Kier molecular flexibility index (Phi) is 4.22. The molecule has 1 aliphatic heterocycles. The topological polar surface area (TPSA) is 74.7 Å². The number of carboxylic acid groups (broad SMARTS) is 1. The van der Waals surface area contributed by atoms with Crippen LogP contribution < -0.4 is 0 Å². The van der Waals surface area contributed by atoms with Crippen LogP contribution in [0.2, 0.25) is 0 Å². The van der Waals surface area contributed by atoms with Gasteiger partial charge >= 0.3 is 5.97 Å². The molecule has 2 amide bonds. The number of hydrogen-bond acceptors (Lipinski definition) is 3. The van der Waals surface area contributed by atoms with E-state index in [-0.39, 0.29) is 23.7 Å². The van der Waals surface area contributed by atoms with Crippen LogP contribution in [-0.2, 0) is 14.4 Å². The predicted octanol–water partition coefficient (Wildman–Crippen LogP) is 1.66. The van der Waals surface area contributed by atoms with Crippen molar-refractivity contribution in [3.8, 4) is 0 Å². The number of hydrogen-bond donors (Lipinski definition) is 1. The molecule has 1 saturated carbocycles. The van der Waals surface area contributed by atoms with Gasteiger partial charge < -0.3 is 5.11 Å². The third-order valence-electron chi connectivity index (χ3n) is 4.29. The maximum atomic E-state index is 11.9. The highest BCUT2D eigenvalue weighted by Crippen LogP contribution is 2.32. The number of amides is 2. The van der Waals surface area contributed by atoms with Gasteiger partial charge in [-0.25, -0.2) is 0 Å². The van der Waals surface area contributed by atoms with Crippen LogP contribution in [0.4, 0.5) is 0 Å². The van der Waals surface area contributed by atoms with Gasteiger partial charge in [-0.2, -0.15) is 0 Å². The molecule has 0 aromatic heterocycles. The first-order valence-electron chi connectivity index (χ1n) is 7.05. The first-order valence-corrected chi connectivity index (χ1v) is 7.05.